The minimum atomic E-state index is -0.124. The molecular formula is C67H47N3O. The van der Waals surface area contributed by atoms with E-state index in [0.717, 1.165) is 95.4 Å². The summed E-state index contributed by atoms with van der Waals surface area (Å²) in [6.45, 7) is 4.71. The van der Waals surface area contributed by atoms with Crippen molar-refractivity contribution in [2.24, 2.45) is 0 Å². The number of fused-ring (bicyclic) bond motifs is 9. The van der Waals surface area contributed by atoms with Gasteiger partial charge in [0, 0.05) is 49.9 Å². The Labute approximate surface area is 413 Å². The predicted molar refractivity (Wildman–Crippen MR) is 297 cm³/mol. The SMILES string of the molecule is CC1(C)c2ccccc2-c2ccc(N(c3ccc(-c4ccc5c(c4)N(c4ccccc4)c4ccccc4N5c4ccc(-c5cccc6c5oc5ccccc56)cc4)cc3)c3cccc4ccccc34)cc21. The Balaban J connectivity index is 0.874. The third kappa shape index (κ3) is 6.45. The second-order valence-corrected chi connectivity index (χ2v) is 19.3. The first-order chi connectivity index (χ1) is 35.0. The highest BCUT2D eigenvalue weighted by molar-refractivity contribution is 6.10. The van der Waals surface area contributed by atoms with E-state index in [2.05, 4.69) is 265 Å². The quantitative estimate of drug-likeness (QED) is 0.159. The molecule has 0 bridgehead atoms. The molecular weight excluding hydrogens is 863 g/mol. The zero-order valence-electron chi connectivity index (χ0n) is 39.4. The van der Waals surface area contributed by atoms with Gasteiger partial charge < -0.3 is 19.1 Å². The molecule has 0 amide bonds. The van der Waals surface area contributed by atoms with E-state index in [1.165, 1.54) is 33.0 Å². The predicted octanol–water partition coefficient (Wildman–Crippen LogP) is 19.1. The highest BCUT2D eigenvalue weighted by Crippen LogP contribution is 2.56. The number of hydrogen-bond donors (Lipinski definition) is 0. The lowest BCUT2D eigenvalue weighted by atomic mass is 9.82. The van der Waals surface area contributed by atoms with Crippen LogP contribution >= 0.6 is 0 Å². The van der Waals surface area contributed by atoms with Crippen LogP contribution in [0.3, 0.4) is 0 Å². The van der Waals surface area contributed by atoms with Crippen LogP contribution in [0.5, 0.6) is 0 Å². The van der Waals surface area contributed by atoms with E-state index >= 15 is 0 Å². The highest BCUT2D eigenvalue weighted by atomic mass is 16.3. The summed E-state index contributed by atoms with van der Waals surface area (Å²) in [5, 5.41) is 4.68. The van der Waals surface area contributed by atoms with Gasteiger partial charge in [0.1, 0.15) is 11.2 Å². The fraction of sp³-hybridized carbons (Fsp3) is 0.0448. The first-order valence-corrected chi connectivity index (χ1v) is 24.5. The van der Waals surface area contributed by atoms with Gasteiger partial charge >= 0.3 is 0 Å². The number of para-hydroxylation sites is 5. The van der Waals surface area contributed by atoms with Crippen LogP contribution in [0.25, 0.3) is 66.1 Å². The molecule has 0 fully saturated rings. The molecule has 336 valence electrons. The third-order valence-electron chi connectivity index (χ3n) is 15.0. The lowest BCUT2D eigenvalue weighted by molar-refractivity contribution is 0.660. The van der Waals surface area contributed by atoms with Crippen LogP contribution < -0.4 is 14.7 Å². The van der Waals surface area contributed by atoms with Crippen molar-refractivity contribution in [1.82, 2.24) is 0 Å². The van der Waals surface area contributed by atoms with Gasteiger partial charge in [0.2, 0.25) is 0 Å². The monoisotopic (exact) mass is 909 g/mol. The molecule has 2 aliphatic rings. The number of hydrogen-bond acceptors (Lipinski definition) is 4. The highest BCUT2D eigenvalue weighted by Gasteiger charge is 2.36. The van der Waals surface area contributed by atoms with Crippen molar-refractivity contribution >= 4 is 83.9 Å². The van der Waals surface area contributed by atoms with Gasteiger partial charge in [-0.3, -0.25) is 0 Å². The second kappa shape index (κ2) is 16.0. The first kappa shape index (κ1) is 40.9. The van der Waals surface area contributed by atoms with Crippen molar-refractivity contribution in [3.8, 4) is 33.4 Å². The minimum Gasteiger partial charge on any atom is -0.455 e. The van der Waals surface area contributed by atoms with Crippen molar-refractivity contribution < 1.29 is 4.42 Å². The van der Waals surface area contributed by atoms with Crippen LogP contribution in [-0.4, -0.2) is 0 Å². The molecule has 0 spiro atoms. The standard InChI is InChI=1S/C67H47N3O/c1-67(2)58-25-10-8-21-54(58)55-40-39-51(43-59(55)67)68(60-28-14-17-45-16-6-7-20-52(45)60)49-35-30-44(31-36-49)47-34-41-63-64(42-47)70(48-18-4-3-5-19-48)62-27-12-11-26-61(62)69(63)50-37-32-46(33-38-50)53-23-15-24-57-56-22-9-13-29-65(56)71-66(53)57/h3-43H,1-2H3. The molecule has 4 nitrogen and oxygen atoms in total. The largest absolute Gasteiger partial charge is 0.455 e. The molecule has 0 N–H and O–H groups in total. The van der Waals surface area contributed by atoms with E-state index < -0.39 is 0 Å². The van der Waals surface area contributed by atoms with Gasteiger partial charge in [-0.05, 0) is 129 Å². The smallest absolute Gasteiger partial charge is 0.143 e. The van der Waals surface area contributed by atoms with E-state index in [4.69, 9.17) is 4.42 Å². The number of benzene rings is 11. The fourth-order valence-corrected chi connectivity index (χ4v) is 11.5. The maximum absolute atomic E-state index is 6.47. The topological polar surface area (TPSA) is 22.9 Å². The molecule has 11 aromatic carbocycles. The van der Waals surface area contributed by atoms with Crippen LogP contribution in [0.4, 0.5) is 51.2 Å². The average molecular weight is 910 g/mol. The summed E-state index contributed by atoms with van der Waals surface area (Å²) in [6, 6.07) is 90.4. The van der Waals surface area contributed by atoms with Gasteiger partial charge in [0.15, 0.2) is 0 Å². The summed E-state index contributed by atoms with van der Waals surface area (Å²) in [5.74, 6) is 0. The molecule has 0 radical (unpaired) electrons. The van der Waals surface area contributed by atoms with E-state index in [1.807, 2.05) is 12.1 Å². The van der Waals surface area contributed by atoms with Crippen molar-refractivity contribution in [3.05, 3.63) is 260 Å². The van der Waals surface area contributed by atoms with Gasteiger partial charge in [0.25, 0.3) is 0 Å². The summed E-state index contributed by atoms with van der Waals surface area (Å²) in [6.07, 6.45) is 0. The van der Waals surface area contributed by atoms with Gasteiger partial charge in [-0.15, -0.1) is 0 Å². The molecule has 0 saturated heterocycles. The molecule has 2 heterocycles. The van der Waals surface area contributed by atoms with Crippen LogP contribution in [0.15, 0.2) is 253 Å². The minimum absolute atomic E-state index is 0.124. The molecule has 1 aromatic heterocycles. The molecule has 4 heteroatoms. The molecule has 1 aliphatic carbocycles. The molecule has 0 saturated carbocycles. The number of furan rings is 1. The van der Waals surface area contributed by atoms with Gasteiger partial charge in [-0.1, -0.05) is 178 Å². The Hall–Kier alpha value is -9.12. The normalized spacial score (nSPS) is 13.3. The zero-order chi connectivity index (χ0) is 47.2. The molecule has 14 rings (SSSR count). The molecule has 0 atom stereocenters. The summed E-state index contributed by atoms with van der Waals surface area (Å²) >= 11 is 0. The summed E-state index contributed by atoms with van der Waals surface area (Å²) in [5.41, 5.74) is 21.5. The lowest BCUT2D eigenvalue weighted by Gasteiger charge is -2.40. The van der Waals surface area contributed by atoms with Crippen molar-refractivity contribution in [2.75, 3.05) is 14.7 Å². The van der Waals surface area contributed by atoms with Crippen LogP contribution in [0.1, 0.15) is 25.0 Å². The first-order valence-electron chi connectivity index (χ1n) is 24.5. The molecule has 71 heavy (non-hydrogen) atoms. The number of anilines is 9. The average Bonchev–Trinajstić information content (AvgIpc) is 3.92. The van der Waals surface area contributed by atoms with Crippen LogP contribution in [-0.2, 0) is 5.41 Å². The molecule has 0 unspecified atom stereocenters. The third-order valence-corrected chi connectivity index (χ3v) is 15.0. The summed E-state index contributed by atoms with van der Waals surface area (Å²) in [7, 11) is 0. The zero-order valence-corrected chi connectivity index (χ0v) is 39.4. The van der Waals surface area contributed by atoms with Gasteiger partial charge in [-0.2, -0.15) is 0 Å². The van der Waals surface area contributed by atoms with Crippen molar-refractivity contribution in [2.45, 2.75) is 19.3 Å². The lowest BCUT2D eigenvalue weighted by Crippen LogP contribution is -2.24. The Morgan fingerprint density at radius 2 is 0.944 bits per heavy atom. The summed E-state index contributed by atoms with van der Waals surface area (Å²) < 4.78 is 6.47. The van der Waals surface area contributed by atoms with Crippen molar-refractivity contribution in [1.29, 1.82) is 0 Å². The maximum Gasteiger partial charge on any atom is 0.143 e. The Morgan fingerprint density at radius 1 is 0.366 bits per heavy atom. The Bertz CT molecular complexity index is 4030. The van der Waals surface area contributed by atoms with Gasteiger partial charge in [-0.25, -0.2) is 0 Å². The van der Waals surface area contributed by atoms with E-state index in [0.29, 0.717) is 0 Å². The van der Waals surface area contributed by atoms with E-state index in [1.54, 1.807) is 0 Å². The molecule has 1 aliphatic heterocycles. The Kier molecular flexibility index (Phi) is 9.21. The number of rotatable bonds is 7. The van der Waals surface area contributed by atoms with Crippen molar-refractivity contribution in [3.63, 3.8) is 0 Å². The van der Waals surface area contributed by atoms with E-state index in [9.17, 15) is 0 Å². The fourth-order valence-electron chi connectivity index (χ4n) is 11.5. The van der Waals surface area contributed by atoms with Gasteiger partial charge in [0.05, 0.1) is 28.4 Å². The Morgan fingerprint density at radius 3 is 1.77 bits per heavy atom. The molecule has 12 aromatic rings. The van der Waals surface area contributed by atoms with Crippen LogP contribution in [0, 0.1) is 0 Å². The summed E-state index contributed by atoms with van der Waals surface area (Å²) in [4.78, 5) is 7.25. The van der Waals surface area contributed by atoms with Crippen LogP contribution in [0.2, 0.25) is 0 Å². The maximum atomic E-state index is 6.47. The second-order valence-electron chi connectivity index (χ2n) is 19.3. The number of nitrogens with zero attached hydrogens (tertiary/aromatic N) is 3. The van der Waals surface area contributed by atoms with E-state index in [-0.39, 0.29) is 5.41 Å².